The van der Waals surface area contributed by atoms with Gasteiger partial charge in [0.1, 0.15) is 11.5 Å². The molecule has 1 rings (SSSR count). The number of carbonyl (C=O) groups is 1. The van der Waals surface area contributed by atoms with Crippen molar-refractivity contribution in [3.05, 3.63) is 17.5 Å². The first-order valence-electron chi connectivity index (χ1n) is 4.40. The molecule has 0 aliphatic rings. The van der Waals surface area contributed by atoms with Gasteiger partial charge in [-0.05, 0) is 6.92 Å². The summed E-state index contributed by atoms with van der Waals surface area (Å²) in [4.78, 5) is 18.5. The largest absolute Gasteiger partial charge is 0.450 e. The number of alkyl carbamates (subject to hydrolysis) is 1. The quantitative estimate of drug-likeness (QED) is 0.472. The van der Waals surface area contributed by atoms with E-state index in [1.165, 1.54) is 12.4 Å². The Kier molecular flexibility index (Phi) is 5.00. The number of halogens is 1. The molecule has 8 heteroatoms. The highest BCUT2D eigenvalue weighted by Crippen LogP contribution is 2.05. The number of carbonyl (C=O) groups excluding carboxylic acids is 1. The van der Waals surface area contributed by atoms with Crippen LogP contribution >= 0.6 is 11.6 Å². The van der Waals surface area contributed by atoms with Gasteiger partial charge in [0.15, 0.2) is 5.82 Å². The summed E-state index contributed by atoms with van der Waals surface area (Å²) in [5.74, 6) is 0.370. The maximum Gasteiger partial charge on any atom is 0.412 e. The van der Waals surface area contributed by atoms with E-state index in [1.54, 1.807) is 6.92 Å². The Morgan fingerprint density at radius 1 is 1.69 bits per heavy atom. The van der Waals surface area contributed by atoms with Crippen LogP contribution in [-0.2, 0) is 4.74 Å². The van der Waals surface area contributed by atoms with Gasteiger partial charge in [0.05, 0.1) is 19.0 Å². The molecule has 0 saturated carbocycles. The third kappa shape index (κ3) is 4.56. The fraction of sp³-hybridized carbons (Fsp3) is 0.250. The highest BCUT2D eigenvalue weighted by atomic mass is 35.5. The number of nitrogens with one attached hydrogen (secondary N) is 2. The van der Waals surface area contributed by atoms with Crippen molar-refractivity contribution in [2.75, 3.05) is 12.0 Å². The van der Waals surface area contributed by atoms with Crippen molar-refractivity contribution < 1.29 is 9.53 Å². The first-order chi connectivity index (χ1) is 7.72. The summed E-state index contributed by atoms with van der Waals surface area (Å²) in [6.45, 7) is 2.00. The van der Waals surface area contributed by atoms with Gasteiger partial charge in [-0.3, -0.25) is 15.7 Å². The van der Waals surface area contributed by atoms with Crippen LogP contribution in [0.15, 0.2) is 17.5 Å². The number of anilines is 1. The molecule has 2 N–H and O–H groups in total. The Hall–Kier alpha value is -1.89. The second-order valence-electron chi connectivity index (χ2n) is 2.46. The van der Waals surface area contributed by atoms with Gasteiger partial charge in [-0.15, -0.1) is 0 Å². The van der Waals surface area contributed by atoms with Crippen LogP contribution in [-0.4, -0.2) is 29.0 Å². The van der Waals surface area contributed by atoms with E-state index >= 15 is 0 Å². The highest BCUT2D eigenvalue weighted by molar-refractivity contribution is 6.29. The van der Waals surface area contributed by atoms with E-state index in [0.29, 0.717) is 12.4 Å². The summed E-state index contributed by atoms with van der Waals surface area (Å²) in [5, 5.41) is 6.18. The van der Waals surface area contributed by atoms with Crippen LogP contribution in [0, 0.1) is 0 Å². The monoisotopic (exact) mass is 243 g/mol. The third-order valence-corrected chi connectivity index (χ3v) is 1.49. The molecule has 0 unspecified atom stereocenters. The van der Waals surface area contributed by atoms with E-state index in [0.717, 1.165) is 6.34 Å². The van der Waals surface area contributed by atoms with Crippen LogP contribution in [0.2, 0.25) is 5.15 Å². The lowest BCUT2D eigenvalue weighted by atomic mass is 10.7. The van der Waals surface area contributed by atoms with Crippen LogP contribution in [0.5, 0.6) is 0 Å². The molecule has 0 bridgehead atoms. The van der Waals surface area contributed by atoms with Gasteiger partial charge < -0.3 is 4.74 Å². The van der Waals surface area contributed by atoms with Crippen molar-refractivity contribution in [1.82, 2.24) is 15.3 Å². The summed E-state index contributed by atoms with van der Waals surface area (Å²) in [6.07, 6.45) is 3.40. The fourth-order valence-corrected chi connectivity index (χ4v) is 0.900. The van der Waals surface area contributed by atoms with Gasteiger partial charge in [-0.25, -0.2) is 9.78 Å². The molecule has 1 amide bonds. The summed E-state index contributed by atoms with van der Waals surface area (Å²) in [5.41, 5.74) is 2.52. The van der Waals surface area contributed by atoms with Gasteiger partial charge >= 0.3 is 6.09 Å². The minimum atomic E-state index is -0.578. The second-order valence-corrected chi connectivity index (χ2v) is 2.85. The van der Waals surface area contributed by atoms with Gasteiger partial charge in [-0.2, -0.15) is 5.10 Å². The van der Waals surface area contributed by atoms with E-state index in [1.807, 2.05) is 0 Å². The maximum atomic E-state index is 10.8. The van der Waals surface area contributed by atoms with Crippen LogP contribution in [0.4, 0.5) is 10.6 Å². The average molecular weight is 244 g/mol. The number of hydrazone groups is 1. The maximum absolute atomic E-state index is 10.8. The number of hydrogen-bond acceptors (Lipinski definition) is 6. The predicted molar refractivity (Wildman–Crippen MR) is 59.3 cm³/mol. The molecule has 1 heterocycles. The molecule has 0 saturated heterocycles. The van der Waals surface area contributed by atoms with Gasteiger partial charge in [-0.1, -0.05) is 11.6 Å². The zero-order valence-corrected chi connectivity index (χ0v) is 9.23. The third-order valence-electron chi connectivity index (χ3n) is 1.31. The molecule has 16 heavy (non-hydrogen) atoms. The second kappa shape index (κ2) is 6.57. The Morgan fingerprint density at radius 3 is 3.19 bits per heavy atom. The number of ether oxygens (including phenoxy) is 1. The summed E-state index contributed by atoms with van der Waals surface area (Å²) in [7, 11) is 0. The van der Waals surface area contributed by atoms with E-state index in [9.17, 15) is 4.79 Å². The average Bonchev–Trinajstić information content (AvgIpc) is 2.25. The summed E-state index contributed by atoms with van der Waals surface area (Å²) < 4.78 is 4.60. The molecule has 1 aromatic rings. The molecular weight excluding hydrogens is 234 g/mol. The van der Waals surface area contributed by atoms with Crippen LogP contribution in [0.3, 0.4) is 0 Å². The normalized spacial score (nSPS) is 10.1. The first kappa shape index (κ1) is 12.2. The Morgan fingerprint density at radius 2 is 2.50 bits per heavy atom. The summed E-state index contributed by atoms with van der Waals surface area (Å²) >= 11 is 5.59. The van der Waals surface area contributed by atoms with E-state index < -0.39 is 6.09 Å². The molecule has 0 atom stereocenters. The molecular formula is C8H10ClN5O2. The number of amides is 1. The van der Waals surface area contributed by atoms with Crippen molar-refractivity contribution in [1.29, 1.82) is 0 Å². The van der Waals surface area contributed by atoms with Crippen molar-refractivity contribution in [3.8, 4) is 0 Å². The van der Waals surface area contributed by atoms with Crippen LogP contribution in [0.25, 0.3) is 0 Å². The minimum absolute atomic E-state index is 0.249. The fourth-order valence-electron chi connectivity index (χ4n) is 0.752. The number of hydrogen-bond donors (Lipinski definition) is 2. The van der Waals surface area contributed by atoms with Crippen LogP contribution in [0.1, 0.15) is 6.92 Å². The van der Waals surface area contributed by atoms with Crippen LogP contribution < -0.4 is 10.7 Å². The van der Waals surface area contributed by atoms with Crippen molar-refractivity contribution in [2.45, 2.75) is 6.92 Å². The lowest BCUT2D eigenvalue weighted by Gasteiger charge is -2.00. The van der Waals surface area contributed by atoms with Crippen molar-refractivity contribution in [2.24, 2.45) is 5.10 Å². The molecule has 7 nitrogen and oxygen atoms in total. The van der Waals surface area contributed by atoms with E-state index in [2.05, 4.69) is 30.5 Å². The molecule has 0 fully saturated rings. The topological polar surface area (TPSA) is 88.5 Å². The molecule has 0 aromatic carbocycles. The number of nitrogens with zero attached hydrogens (tertiary/aromatic N) is 3. The molecule has 0 radical (unpaired) electrons. The molecule has 1 aromatic heterocycles. The molecule has 0 spiro atoms. The van der Waals surface area contributed by atoms with E-state index in [4.69, 9.17) is 11.6 Å². The molecule has 86 valence electrons. The van der Waals surface area contributed by atoms with E-state index in [-0.39, 0.29) is 5.15 Å². The zero-order valence-electron chi connectivity index (χ0n) is 8.48. The SMILES string of the molecule is CCOC(=O)N/C=N/Nc1cncc(Cl)n1. The minimum Gasteiger partial charge on any atom is -0.450 e. The molecule has 0 aliphatic carbocycles. The number of aromatic nitrogens is 2. The van der Waals surface area contributed by atoms with Gasteiger partial charge in [0.25, 0.3) is 0 Å². The predicted octanol–water partition coefficient (Wildman–Crippen LogP) is 1.23. The lowest BCUT2D eigenvalue weighted by molar-refractivity contribution is 0.158. The highest BCUT2D eigenvalue weighted by Gasteiger charge is 1.95. The van der Waals surface area contributed by atoms with Gasteiger partial charge in [0.2, 0.25) is 0 Å². The number of rotatable bonds is 4. The van der Waals surface area contributed by atoms with Gasteiger partial charge in [0, 0.05) is 0 Å². The van der Waals surface area contributed by atoms with Crippen molar-refractivity contribution in [3.63, 3.8) is 0 Å². The Bertz CT molecular complexity index is 384. The zero-order chi connectivity index (χ0) is 11.8. The Labute approximate surface area is 96.9 Å². The first-order valence-corrected chi connectivity index (χ1v) is 4.78. The summed E-state index contributed by atoms with van der Waals surface area (Å²) in [6, 6.07) is 0. The lowest BCUT2D eigenvalue weighted by Crippen LogP contribution is -2.22. The Balaban J connectivity index is 2.34. The smallest absolute Gasteiger partial charge is 0.412 e. The molecule has 0 aliphatic heterocycles. The standard InChI is InChI=1S/C8H10ClN5O2/c1-2-16-8(15)11-5-12-14-7-4-10-3-6(9)13-7/h3-5H,2H2,1H3,(H,13,14)(H,11,12,15). The van der Waals surface area contributed by atoms with Crippen molar-refractivity contribution >= 4 is 29.9 Å².